The van der Waals surface area contributed by atoms with Crippen molar-refractivity contribution in [2.75, 3.05) is 5.75 Å². The van der Waals surface area contributed by atoms with E-state index in [9.17, 15) is 4.79 Å². The Kier molecular flexibility index (Phi) is 4.24. The maximum absolute atomic E-state index is 10.8. The standard InChI is InChI=1S/C16H22O2S/c1-11-6-12(2)14(13(3)7-11)9-19-10-16(4-5-16)8-15(17)18/h6-7H,4-5,8-10H2,1-3H3,(H,17,18). The number of hydrogen-bond acceptors (Lipinski definition) is 2. The summed E-state index contributed by atoms with van der Waals surface area (Å²) < 4.78 is 0. The van der Waals surface area contributed by atoms with E-state index in [0.29, 0.717) is 6.42 Å². The van der Waals surface area contributed by atoms with Gasteiger partial charge in [-0.05, 0) is 61.5 Å². The molecule has 0 atom stereocenters. The van der Waals surface area contributed by atoms with Crippen molar-refractivity contribution >= 4 is 17.7 Å². The summed E-state index contributed by atoms with van der Waals surface area (Å²) in [4.78, 5) is 10.8. The second-order valence-corrected chi connectivity index (χ2v) is 6.93. The van der Waals surface area contributed by atoms with Crippen molar-refractivity contribution in [3.8, 4) is 0 Å². The number of benzene rings is 1. The zero-order chi connectivity index (χ0) is 14.0. The van der Waals surface area contributed by atoms with Crippen molar-refractivity contribution in [2.24, 2.45) is 5.41 Å². The van der Waals surface area contributed by atoms with E-state index < -0.39 is 5.97 Å². The van der Waals surface area contributed by atoms with Crippen LogP contribution in [0.15, 0.2) is 12.1 Å². The van der Waals surface area contributed by atoms with Gasteiger partial charge in [-0.15, -0.1) is 0 Å². The fraction of sp³-hybridized carbons (Fsp3) is 0.562. The molecular weight excluding hydrogens is 256 g/mol. The molecule has 0 aromatic heterocycles. The molecule has 104 valence electrons. The molecule has 2 rings (SSSR count). The van der Waals surface area contributed by atoms with Gasteiger partial charge in [-0.3, -0.25) is 4.79 Å². The number of carboxylic acids is 1. The second-order valence-electron chi connectivity index (χ2n) is 5.94. The van der Waals surface area contributed by atoms with E-state index in [2.05, 4.69) is 32.9 Å². The highest BCUT2D eigenvalue weighted by atomic mass is 32.2. The van der Waals surface area contributed by atoms with E-state index in [4.69, 9.17) is 5.11 Å². The lowest BCUT2D eigenvalue weighted by atomic mass is 10.0. The van der Waals surface area contributed by atoms with Crippen LogP contribution in [0.25, 0.3) is 0 Å². The van der Waals surface area contributed by atoms with Gasteiger partial charge < -0.3 is 5.11 Å². The average molecular weight is 278 g/mol. The minimum atomic E-state index is -0.652. The van der Waals surface area contributed by atoms with E-state index >= 15 is 0 Å². The van der Waals surface area contributed by atoms with Crippen LogP contribution >= 0.6 is 11.8 Å². The highest BCUT2D eigenvalue weighted by Gasteiger charge is 2.44. The van der Waals surface area contributed by atoms with E-state index in [1.165, 1.54) is 22.3 Å². The van der Waals surface area contributed by atoms with Crippen LogP contribution in [0.3, 0.4) is 0 Å². The number of carboxylic acid groups (broad SMARTS) is 1. The molecular formula is C16H22O2S. The maximum atomic E-state index is 10.8. The Morgan fingerprint density at radius 2 is 1.84 bits per heavy atom. The summed E-state index contributed by atoms with van der Waals surface area (Å²) in [5.41, 5.74) is 5.54. The van der Waals surface area contributed by atoms with Gasteiger partial charge in [-0.25, -0.2) is 0 Å². The number of hydrogen-bond donors (Lipinski definition) is 1. The molecule has 0 aliphatic heterocycles. The molecule has 0 unspecified atom stereocenters. The van der Waals surface area contributed by atoms with Crippen molar-refractivity contribution in [3.05, 3.63) is 34.4 Å². The van der Waals surface area contributed by atoms with Crippen LogP contribution in [0.4, 0.5) is 0 Å². The maximum Gasteiger partial charge on any atom is 0.303 e. The molecule has 1 aliphatic carbocycles. The predicted molar refractivity (Wildman–Crippen MR) is 80.7 cm³/mol. The molecule has 0 saturated heterocycles. The van der Waals surface area contributed by atoms with E-state index in [1.54, 1.807) is 0 Å². The van der Waals surface area contributed by atoms with Crippen LogP contribution in [0, 0.1) is 26.2 Å². The van der Waals surface area contributed by atoms with Gasteiger partial charge in [0.2, 0.25) is 0 Å². The van der Waals surface area contributed by atoms with Gasteiger partial charge in [0.1, 0.15) is 0 Å². The fourth-order valence-corrected chi connectivity index (χ4v) is 4.26. The lowest BCUT2D eigenvalue weighted by molar-refractivity contribution is -0.138. The fourth-order valence-electron chi connectivity index (χ4n) is 2.68. The van der Waals surface area contributed by atoms with Gasteiger partial charge in [0.05, 0.1) is 6.42 Å². The van der Waals surface area contributed by atoms with Crippen LogP contribution < -0.4 is 0 Å². The summed E-state index contributed by atoms with van der Waals surface area (Å²) >= 11 is 1.89. The van der Waals surface area contributed by atoms with Gasteiger partial charge in [0.15, 0.2) is 0 Å². The Morgan fingerprint density at radius 3 is 2.32 bits per heavy atom. The Hall–Kier alpha value is -0.960. The summed E-state index contributed by atoms with van der Waals surface area (Å²) in [5, 5.41) is 8.91. The molecule has 19 heavy (non-hydrogen) atoms. The normalized spacial score (nSPS) is 16.4. The van der Waals surface area contributed by atoms with E-state index in [0.717, 1.165) is 24.3 Å². The van der Waals surface area contributed by atoms with Gasteiger partial charge in [0.25, 0.3) is 0 Å². The third-order valence-electron chi connectivity index (χ3n) is 3.98. The van der Waals surface area contributed by atoms with Crippen molar-refractivity contribution < 1.29 is 9.90 Å². The summed E-state index contributed by atoms with van der Waals surface area (Å²) in [6.45, 7) is 6.46. The Morgan fingerprint density at radius 1 is 1.26 bits per heavy atom. The molecule has 1 aliphatic rings. The molecule has 1 aromatic rings. The Labute approximate surface area is 119 Å². The molecule has 1 N–H and O–H groups in total. The zero-order valence-corrected chi connectivity index (χ0v) is 12.8. The van der Waals surface area contributed by atoms with Crippen LogP contribution in [-0.2, 0) is 10.5 Å². The Bertz CT molecular complexity index is 467. The number of rotatable bonds is 6. The molecule has 3 heteroatoms. The monoisotopic (exact) mass is 278 g/mol. The number of aryl methyl sites for hydroxylation is 3. The van der Waals surface area contributed by atoms with Crippen LogP contribution in [0.1, 0.15) is 41.5 Å². The first kappa shape index (κ1) is 14.4. The molecule has 0 amide bonds. The predicted octanol–water partition coefficient (Wildman–Crippen LogP) is 4.10. The van der Waals surface area contributed by atoms with E-state index in [1.807, 2.05) is 11.8 Å². The highest BCUT2D eigenvalue weighted by molar-refractivity contribution is 7.98. The third kappa shape index (κ3) is 3.75. The van der Waals surface area contributed by atoms with Crippen molar-refractivity contribution in [1.29, 1.82) is 0 Å². The number of thioether (sulfide) groups is 1. The topological polar surface area (TPSA) is 37.3 Å². The average Bonchev–Trinajstić information content (AvgIpc) is 3.01. The van der Waals surface area contributed by atoms with Gasteiger partial charge in [-0.1, -0.05) is 17.7 Å². The lowest BCUT2D eigenvalue weighted by Crippen LogP contribution is -2.11. The smallest absolute Gasteiger partial charge is 0.303 e. The molecule has 1 aromatic carbocycles. The van der Waals surface area contributed by atoms with Crippen LogP contribution in [0.5, 0.6) is 0 Å². The highest BCUT2D eigenvalue weighted by Crippen LogP contribution is 2.51. The summed E-state index contributed by atoms with van der Waals surface area (Å²) in [6.07, 6.45) is 2.50. The molecule has 1 saturated carbocycles. The number of aliphatic carboxylic acids is 1. The van der Waals surface area contributed by atoms with Crippen molar-refractivity contribution in [2.45, 2.75) is 45.8 Å². The molecule has 0 spiro atoms. The summed E-state index contributed by atoms with van der Waals surface area (Å²) in [7, 11) is 0. The first-order valence-corrected chi connectivity index (χ1v) is 7.94. The van der Waals surface area contributed by atoms with Gasteiger partial charge >= 0.3 is 5.97 Å². The number of carbonyl (C=O) groups is 1. The van der Waals surface area contributed by atoms with E-state index in [-0.39, 0.29) is 5.41 Å². The van der Waals surface area contributed by atoms with Gasteiger partial charge in [-0.2, -0.15) is 11.8 Å². The molecule has 1 fully saturated rings. The van der Waals surface area contributed by atoms with Crippen molar-refractivity contribution in [1.82, 2.24) is 0 Å². The minimum absolute atomic E-state index is 0.100. The molecule has 0 bridgehead atoms. The van der Waals surface area contributed by atoms with Crippen molar-refractivity contribution in [3.63, 3.8) is 0 Å². The molecule has 0 heterocycles. The largest absolute Gasteiger partial charge is 0.481 e. The lowest BCUT2D eigenvalue weighted by Gasteiger charge is -2.14. The quantitative estimate of drug-likeness (QED) is 0.851. The first-order valence-electron chi connectivity index (χ1n) is 6.78. The van der Waals surface area contributed by atoms with Crippen LogP contribution in [0.2, 0.25) is 0 Å². The first-order chi connectivity index (χ1) is 8.92. The zero-order valence-electron chi connectivity index (χ0n) is 12.0. The molecule has 2 nitrogen and oxygen atoms in total. The summed E-state index contributed by atoms with van der Waals surface area (Å²) in [5.74, 6) is 1.33. The molecule has 0 radical (unpaired) electrons. The Balaban J connectivity index is 1.92. The minimum Gasteiger partial charge on any atom is -0.481 e. The van der Waals surface area contributed by atoms with Crippen LogP contribution in [-0.4, -0.2) is 16.8 Å². The second kappa shape index (κ2) is 5.58. The summed E-state index contributed by atoms with van der Waals surface area (Å²) in [6, 6.07) is 4.46. The SMILES string of the molecule is Cc1cc(C)c(CSCC2(CC(=O)O)CC2)c(C)c1. The van der Waals surface area contributed by atoms with Gasteiger partial charge in [0, 0.05) is 5.75 Å². The third-order valence-corrected chi connectivity index (χ3v) is 5.29.